The summed E-state index contributed by atoms with van der Waals surface area (Å²) in [6, 6.07) is 0. The predicted octanol–water partition coefficient (Wildman–Crippen LogP) is 2.59. The zero-order valence-electron chi connectivity index (χ0n) is 7.31. The molecule has 2 atom stereocenters. The molecule has 0 heterocycles. The van der Waals surface area contributed by atoms with Crippen molar-refractivity contribution >= 4 is 6.29 Å². The minimum absolute atomic E-state index is 0.0989. The van der Waals surface area contributed by atoms with Gasteiger partial charge in [0.15, 0.2) is 0 Å². The Labute approximate surface area is 78.1 Å². The molecule has 0 bridgehead atoms. The maximum atomic E-state index is 12.9. The minimum atomic E-state index is -4.65. The molecule has 1 aliphatic carbocycles. The Hall–Kier alpha value is -1.13. The molecule has 0 N–H and O–H groups in total. The molecule has 5 heteroatoms. The van der Waals surface area contributed by atoms with Gasteiger partial charge in [-0.3, -0.25) is 4.79 Å². The average Bonchev–Trinajstić information content (AvgIpc) is 2.07. The first kappa shape index (κ1) is 10.9. The van der Waals surface area contributed by atoms with Crippen LogP contribution in [0.25, 0.3) is 0 Å². The predicted molar refractivity (Wildman–Crippen MR) is 42.3 cm³/mol. The van der Waals surface area contributed by atoms with E-state index in [9.17, 15) is 22.4 Å². The van der Waals surface area contributed by atoms with Crippen molar-refractivity contribution in [3.05, 3.63) is 23.3 Å². The van der Waals surface area contributed by atoms with Crippen molar-refractivity contribution in [1.29, 1.82) is 0 Å². The number of carbonyl (C=O) groups is 1. The van der Waals surface area contributed by atoms with E-state index in [1.54, 1.807) is 0 Å². The summed E-state index contributed by atoms with van der Waals surface area (Å²) in [6.45, 7) is 1.11. The van der Waals surface area contributed by atoms with Gasteiger partial charge in [0.2, 0.25) is 0 Å². The number of aldehydes is 1. The smallest absolute Gasteiger partial charge is 0.298 e. The second kappa shape index (κ2) is 3.55. The first-order chi connectivity index (χ1) is 6.38. The molecule has 0 aromatic carbocycles. The zero-order chi connectivity index (χ0) is 10.9. The Morgan fingerprint density at radius 1 is 1.43 bits per heavy atom. The fraction of sp³-hybridized carbons (Fsp3) is 0.444. The van der Waals surface area contributed by atoms with Crippen molar-refractivity contribution in [3.8, 4) is 0 Å². The Bertz CT molecular complexity index is 300. The van der Waals surface area contributed by atoms with Crippen LogP contribution in [0.4, 0.5) is 17.6 Å². The van der Waals surface area contributed by atoms with Gasteiger partial charge in [0.1, 0.15) is 12.5 Å². The minimum Gasteiger partial charge on any atom is -0.298 e. The van der Waals surface area contributed by atoms with Gasteiger partial charge in [0.25, 0.3) is 0 Å². The molecule has 0 fully saturated rings. The van der Waals surface area contributed by atoms with Crippen LogP contribution >= 0.6 is 0 Å². The number of rotatable bonds is 1. The summed E-state index contributed by atoms with van der Waals surface area (Å²) in [7, 11) is 0. The highest BCUT2D eigenvalue weighted by Gasteiger charge is 2.42. The van der Waals surface area contributed by atoms with E-state index >= 15 is 0 Å². The lowest BCUT2D eigenvalue weighted by molar-refractivity contribution is -0.110. The quantitative estimate of drug-likeness (QED) is 0.478. The summed E-state index contributed by atoms with van der Waals surface area (Å²) in [5, 5.41) is 0. The SMILES string of the molecule is CC1C(C(F)(F)F)=C(C=O)C=CC1F. The maximum absolute atomic E-state index is 12.9. The largest absolute Gasteiger partial charge is 0.413 e. The number of allylic oxidation sites excluding steroid dienone is 4. The van der Waals surface area contributed by atoms with Crippen LogP contribution in [-0.4, -0.2) is 18.6 Å². The zero-order valence-corrected chi connectivity index (χ0v) is 7.31. The maximum Gasteiger partial charge on any atom is 0.413 e. The molecule has 0 saturated heterocycles. The van der Waals surface area contributed by atoms with Crippen LogP contribution in [0.5, 0.6) is 0 Å². The monoisotopic (exact) mass is 208 g/mol. The number of hydrogen-bond acceptors (Lipinski definition) is 1. The van der Waals surface area contributed by atoms with Crippen LogP contribution in [0.15, 0.2) is 23.3 Å². The highest BCUT2D eigenvalue weighted by Crippen LogP contribution is 2.38. The van der Waals surface area contributed by atoms with Gasteiger partial charge in [-0.25, -0.2) is 4.39 Å². The summed E-state index contributed by atoms with van der Waals surface area (Å²) in [5.41, 5.74) is -1.57. The Morgan fingerprint density at radius 3 is 2.43 bits per heavy atom. The molecule has 2 unspecified atom stereocenters. The number of hydrogen-bond donors (Lipinski definition) is 0. The molecule has 1 aliphatic rings. The number of carbonyl (C=O) groups excluding carboxylic acids is 1. The van der Waals surface area contributed by atoms with E-state index in [0.717, 1.165) is 19.1 Å². The Morgan fingerprint density at radius 2 is 2.00 bits per heavy atom. The fourth-order valence-corrected chi connectivity index (χ4v) is 1.40. The first-order valence-electron chi connectivity index (χ1n) is 3.96. The molecule has 0 amide bonds. The Kier molecular flexibility index (Phi) is 2.78. The third-order valence-corrected chi connectivity index (χ3v) is 2.14. The molecule has 0 radical (unpaired) electrons. The van der Waals surface area contributed by atoms with Crippen LogP contribution in [0.2, 0.25) is 0 Å². The highest BCUT2D eigenvalue weighted by atomic mass is 19.4. The summed E-state index contributed by atoms with van der Waals surface area (Å²) in [5.74, 6) is -1.32. The van der Waals surface area contributed by atoms with E-state index in [4.69, 9.17) is 0 Å². The van der Waals surface area contributed by atoms with Gasteiger partial charge in [-0.2, -0.15) is 13.2 Å². The molecular formula is C9H8F4O. The molecule has 1 rings (SSSR count). The fourth-order valence-electron chi connectivity index (χ4n) is 1.40. The molecule has 1 nitrogen and oxygen atoms in total. The second-order valence-corrected chi connectivity index (χ2v) is 3.08. The molecule has 0 aliphatic heterocycles. The van der Waals surface area contributed by atoms with Gasteiger partial charge >= 0.3 is 6.18 Å². The van der Waals surface area contributed by atoms with Gasteiger partial charge in [0.05, 0.1) is 0 Å². The average molecular weight is 208 g/mol. The molecule has 0 saturated carbocycles. The van der Waals surface area contributed by atoms with Gasteiger partial charge in [-0.1, -0.05) is 13.0 Å². The van der Waals surface area contributed by atoms with Gasteiger partial charge < -0.3 is 0 Å². The van der Waals surface area contributed by atoms with E-state index < -0.39 is 29.4 Å². The summed E-state index contributed by atoms with van der Waals surface area (Å²) < 4.78 is 50.1. The van der Waals surface area contributed by atoms with Gasteiger partial charge in [0, 0.05) is 17.1 Å². The lowest BCUT2D eigenvalue weighted by Gasteiger charge is -2.24. The van der Waals surface area contributed by atoms with Crippen molar-refractivity contribution in [2.45, 2.75) is 19.3 Å². The van der Waals surface area contributed by atoms with Gasteiger partial charge in [-0.15, -0.1) is 0 Å². The van der Waals surface area contributed by atoms with Gasteiger partial charge in [-0.05, 0) is 6.08 Å². The van der Waals surface area contributed by atoms with E-state index in [2.05, 4.69) is 0 Å². The summed E-state index contributed by atoms with van der Waals surface area (Å²) >= 11 is 0. The summed E-state index contributed by atoms with van der Waals surface area (Å²) in [6.07, 6.45) is -4.40. The number of alkyl halides is 4. The van der Waals surface area contributed by atoms with Crippen LogP contribution < -0.4 is 0 Å². The van der Waals surface area contributed by atoms with Crippen LogP contribution in [0.3, 0.4) is 0 Å². The van der Waals surface area contributed by atoms with Crippen molar-refractivity contribution in [2.75, 3.05) is 0 Å². The summed E-state index contributed by atoms with van der Waals surface area (Å²) in [4.78, 5) is 10.3. The van der Waals surface area contributed by atoms with Crippen molar-refractivity contribution in [2.24, 2.45) is 5.92 Å². The van der Waals surface area contributed by atoms with Crippen LogP contribution in [0, 0.1) is 5.92 Å². The molecule has 0 aromatic rings. The highest BCUT2D eigenvalue weighted by molar-refractivity contribution is 5.80. The topological polar surface area (TPSA) is 17.1 Å². The molecule has 78 valence electrons. The lowest BCUT2D eigenvalue weighted by Crippen LogP contribution is -2.28. The Balaban J connectivity index is 3.22. The second-order valence-electron chi connectivity index (χ2n) is 3.08. The van der Waals surface area contributed by atoms with E-state index in [1.165, 1.54) is 0 Å². The standard InChI is InChI=1S/C9H8F4O/c1-5-7(10)3-2-6(4-14)8(5)9(11,12)13/h2-5,7H,1H3. The van der Waals surface area contributed by atoms with E-state index in [1.807, 2.05) is 0 Å². The van der Waals surface area contributed by atoms with E-state index in [-0.39, 0.29) is 6.29 Å². The third-order valence-electron chi connectivity index (χ3n) is 2.14. The van der Waals surface area contributed by atoms with Crippen LogP contribution in [-0.2, 0) is 4.79 Å². The van der Waals surface area contributed by atoms with Crippen LogP contribution in [0.1, 0.15) is 6.92 Å². The van der Waals surface area contributed by atoms with Crippen molar-refractivity contribution < 1.29 is 22.4 Å². The van der Waals surface area contributed by atoms with Crippen molar-refractivity contribution in [3.63, 3.8) is 0 Å². The molecule has 14 heavy (non-hydrogen) atoms. The first-order valence-corrected chi connectivity index (χ1v) is 3.96. The molecule has 0 spiro atoms. The normalized spacial score (nSPS) is 28.1. The molecular weight excluding hydrogens is 200 g/mol. The lowest BCUT2D eigenvalue weighted by atomic mass is 9.87. The third kappa shape index (κ3) is 1.86. The van der Waals surface area contributed by atoms with E-state index in [0.29, 0.717) is 0 Å². The number of halogens is 4. The molecule has 0 aromatic heterocycles. The van der Waals surface area contributed by atoms with Crippen molar-refractivity contribution in [1.82, 2.24) is 0 Å².